The predicted molar refractivity (Wildman–Crippen MR) is 64.9 cm³/mol. The van der Waals surface area contributed by atoms with Crippen LogP contribution in [0.1, 0.15) is 23.6 Å². The van der Waals surface area contributed by atoms with Gasteiger partial charge in [0.05, 0.1) is 7.11 Å². The van der Waals surface area contributed by atoms with Crippen LogP contribution in [0.2, 0.25) is 5.02 Å². The Morgan fingerprint density at radius 3 is 2.60 bits per heavy atom. The first-order valence-corrected chi connectivity index (χ1v) is 5.52. The average molecular weight is 228 g/mol. The fourth-order valence-electron chi connectivity index (χ4n) is 1.61. The minimum absolute atomic E-state index is 0.797. The number of methoxy groups -OCH3 is 1. The van der Waals surface area contributed by atoms with Crippen molar-refractivity contribution in [2.45, 2.75) is 27.3 Å². The third-order valence-corrected chi connectivity index (χ3v) is 3.13. The van der Waals surface area contributed by atoms with Gasteiger partial charge in [-0.1, -0.05) is 18.5 Å². The lowest BCUT2D eigenvalue weighted by molar-refractivity contribution is 0.407. The second-order valence-corrected chi connectivity index (χ2v) is 3.97. The number of nitrogens with one attached hydrogen (secondary N) is 1. The first-order valence-electron chi connectivity index (χ1n) is 5.15. The number of ether oxygens (including phenoxy) is 1. The minimum atomic E-state index is 0.797. The van der Waals surface area contributed by atoms with Crippen molar-refractivity contribution in [3.05, 3.63) is 27.8 Å². The highest BCUT2D eigenvalue weighted by Crippen LogP contribution is 2.31. The lowest BCUT2D eigenvalue weighted by Crippen LogP contribution is -2.14. The van der Waals surface area contributed by atoms with Crippen molar-refractivity contribution in [3.63, 3.8) is 0 Å². The molecule has 0 saturated carbocycles. The van der Waals surface area contributed by atoms with Crippen LogP contribution in [0, 0.1) is 13.8 Å². The van der Waals surface area contributed by atoms with Crippen molar-refractivity contribution in [1.29, 1.82) is 0 Å². The van der Waals surface area contributed by atoms with Gasteiger partial charge in [0.25, 0.3) is 0 Å². The minimum Gasteiger partial charge on any atom is -0.496 e. The standard InChI is InChI=1S/C12H18ClNO/c1-5-14-7-10-9(3)12(13)8(2)6-11(10)15-4/h6,14H,5,7H2,1-4H3. The van der Waals surface area contributed by atoms with E-state index >= 15 is 0 Å². The van der Waals surface area contributed by atoms with Crippen LogP contribution in [0.15, 0.2) is 6.07 Å². The topological polar surface area (TPSA) is 21.3 Å². The average Bonchev–Trinajstić information content (AvgIpc) is 2.24. The molecule has 0 aliphatic carbocycles. The van der Waals surface area contributed by atoms with Gasteiger partial charge in [-0.15, -0.1) is 0 Å². The van der Waals surface area contributed by atoms with E-state index in [1.54, 1.807) is 7.11 Å². The van der Waals surface area contributed by atoms with Crippen molar-refractivity contribution in [2.75, 3.05) is 13.7 Å². The molecule has 0 radical (unpaired) electrons. The number of rotatable bonds is 4. The highest BCUT2D eigenvalue weighted by molar-refractivity contribution is 6.32. The van der Waals surface area contributed by atoms with E-state index in [1.165, 1.54) is 0 Å². The van der Waals surface area contributed by atoms with Gasteiger partial charge in [0.15, 0.2) is 0 Å². The largest absolute Gasteiger partial charge is 0.496 e. The zero-order valence-corrected chi connectivity index (χ0v) is 10.5. The Morgan fingerprint density at radius 2 is 2.07 bits per heavy atom. The Kier molecular flexibility index (Phi) is 4.43. The molecule has 0 aliphatic heterocycles. The van der Waals surface area contributed by atoms with E-state index in [4.69, 9.17) is 16.3 Å². The van der Waals surface area contributed by atoms with Gasteiger partial charge in [-0.3, -0.25) is 0 Å². The molecule has 0 aromatic heterocycles. The molecule has 2 nitrogen and oxygen atoms in total. The molecule has 0 atom stereocenters. The Balaban J connectivity index is 3.15. The fraction of sp³-hybridized carbons (Fsp3) is 0.500. The number of benzene rings is 1. The van der Waals surface area contributed by atoms with Gasteiger partial charge >= 0.3 is 0 Å². The summed E-state index contributed by atoms with van der Waals surface area (Å²) in [5, 5.41) is 4.12. The second kappa shape index (κ2) is 5.38. The highest BCUT2D eigenvalue weighted by Gasteiger charge is 2.11. The van der Waals surface area contributed by atoms with Crippen LogP contribution in [0.3, 0.4) is 0 Å². The molecule has 1 aromatic rings. The summed E-state index contributed by atoms with van der Waals surface area (Å²) in [4.78, 5) is 0. The number of hydrogen-bond donors (Lipinski definition) is 1. The number of hydrogen-bond acceptors (Lipinski definition) is 2. The van der Waals surface area contributed by atoms with Crippen molar-refractivity contribution >= 4 is 11.6 Å². The first kappa shape index (κ1) is 12.3. The monoisotopic (exact) mass is 227 g/mol. The Morgan fingerprint density at radius 1 is 1.40 bits per heavy atom. The molecule has 84 valence electrons. The van der Waals surface area contributed by atoms with Gasteiger partial charge in [0.1, 0.15) is 5.75 Å². The summed E-state index contributed by atoms with van der Waals surface area (Å²) >= 11 is 6.21. The molecule has 0 aliphatic rings. The zero-order chi connectivity index (χ0) is 11.4. The van der Waals surface area contributed by atoms with E-state index in [1.807, 2.05) is 19.9 Å². The zero-order valence-electron chi connectivity index (χ0n) is 9.78. The Bertz CT molecular complexity index is 350. The molecule has 3 heteroatoms. The van der Waals surface area contributed by atoms with Crippen molar-refractivity contribution in [1.82, 2.24) is 5.32 Å². The SMILES string of the molecule is CCNCc1c(OC)cc(C)c(Cl)c1C. The normalized spacial score (nSPS) is 10.5. The number of aryl methyl sites for hydroxylation is 1. The lowest BCUT2D eigenvalue weighted by atomic mass is 10.0. The lowest BCUT2D eigenvalue weighted by Gasteiger charge is -2.15. The van der Waals surface area contributed by atoms with E-state index < -0.39 is 0 Å². The van der Waals surface area contributed by atoms with E-state index in [9.17, 15) is 0 Å². The van der Waals surface area contributed by atoms with Gasteiger partial charge < -0.3 is 10.1 Å². The van der Waals surface area contributed by atoms with Gasteiger partial charge in [0.2, 0.25) is 0 Å². The van der Waals surface area contributed by atoms with E-state index in [0.717, 1.165) is 40.6 Å². The summed E-state index contributed by atoms with van der Waals surface area (Å²) in [6.45, 7) is 7.84. The molecule has 0 unspecified atom stereocenters. The fourth-order valence-corrected chi connectivity index (χ4v) is 1.78. The molecular formula is C12H18ClNO. The van der Waals surface area contributed by atoms with Crippen molar-refractivity contribution < 1.29 is 4.74 Å². The van der Waals surface area contributed by atoms with Crippen molar-refractivity contribution in [2.24, 2.45) is 0 Å². The van der Waals surface area contributed by atoms with Crippen LogP contribution < -0.4 is 10.1 Å². The predicted octanol–water partition coefficient (Wildman–Crippen LogP) is 3.07. The van der Waals surface area contributed by atoms with Gasteiger partial charge in [-0.05, 0) is 37.6 Å². The van der Waals surface area contributed by atoms with Gasteiger partial charge in [-0.25, -0.2) is 0 Å². The third kappa shape index (κ3) is 2.64. The van der Waals surface area contributed by atoms with Crippen molar-refractivity contribution in [3.8, 4) is 5.75 Å². The molecule has 0 heterocycles. The maximum atomic E-state index is 6.21. The maximum absolute atomic E-state index is 6.21. The molecule has 1 aromatic carbocycles. The van der Waals surface area contributed by atoms with Crippen LogP contribution in [0.5, 0.6) is 5.75 Å². The van der Waals surface area contributed by atoms with Crippen LogP contribution in [-0.2, 0) is 6.54 Å². The molecule has 0 spiro atoms. The molecule has 0 bridgehead atoms. The summed E-state index contributed by atoms with van der Waals surface area (Å²) in [6, 6.07) is 1.99. The summed E-state index contributed by atoms with van der Waals surface area (Å²) in [5.41, 5.74) is 3.32. The molecule has 0 saturated heterocycles. The van der Waals surface area contributed by atoms with E-state index in [2.05, 4.69) is 12.2 Å². The van der Waals surface area contributed by atoms with Crippen LogP contribution in [0.4, 0.5) is 0 Å². The maximum Gasteiger partial charge on any atom is 0.123 e. The van der Waals surface area contributed by atoms with Gasteiger partial charge in [-0.2, -0.15) is 0 Å². The highest BCUT2D eigenvalue weighted by atomic mass is 35.5. The Hall–Kier alpha value is -0.730. The third-order valence-electron chi connectivity index (χ3n) is 2.54. The summed E-state index contributed by atoms with van der Waals surface area (Å²) in [6.07, 6.45) is 0. The summed E-state index contributed by atoms with van der Waals surface area (Å²) < 4.78 is 5.36. The molecule has 1 rings (SSSR count). The van der Waals surface area contributed by atoms with Crippen LogP contribution >= 0.6 is 11.6 Å². The van der Waals surface area contributed by atoms with Crippen LogP contribution in [0.25, 0.3) is 0 Å². The van der Waals surface area contributed by atoms with Gasteiger partial charge in [0, 0.05) is 17.1 Å². The molecule has 15 heavy (non-hydrogen) atoms. The Labute approximate surface area is 96.6 Å². The smallest absolute Gasteiger partial charge is 0.123 e. The summed E-state index contributed by atoms with van der Waals surface area (Å²) in [7, 11) is 1.69. The molecular weight excluding hydrogens is 210 g/mol. The first-order chi connectivity index (χ1) is 7.11. The second-order valence-electron chi connectivity index (χ2n) is 3.59. The summed E-state index contributed by atoms with van der Waals surface area (Å²) in [5.74, 6) is 0.912. The van der Waals surface area contributed by atoms with E-state index in [0.29, 0.717) is 0 Å². The quantitative estimate of drug-likeness (QED) is 0.854. The molecule has 0 fully saturated rings. The molecule has 0 amide bonds. The van der Waals surface area contributed by atoms with E-state index in [-0.39, 0.29) is 0 Å². The number of halogens is 1. The van der Waals surface area contributed by atoms with Crippen LogP contribution in [-0.4, -0.2) is 13.7 Å². The molecule has 1 N–H and O–H groups in total.